The van der Waals surface area contributed by atoms with Gasteiger partial charge in [-0.3, -0.25) is 0 Å². The largest absolute Gasteiger partial charge is 0.497 e. The zero-order chi connectivity index (χ0) is 21.8. The zero-order valence-corrected chi connectivity index (χ0v) is 18.5. The van der Waals surface area contributed by atoms with Crippen molar-refractivity contribution < 1.29 is 18.7 Å². The van der Waals surface area contributed by atoms with Gasteiger partial charge in [-0.1, -0.05) is 30.0 Å². The van der Waals surface area contributed by atoms with Gasteiger partial charge in [0.1, 0.15) is 16.4 Å². The number of tetrazole rings is 1. The van der Waals surface area contributed by atoms with Crippen LogP contribution in [-0.2, 0) is 17.0 Å². The first-order valence-corrected chi connectivity index (χ1v) is 11.3. The number of hydrogen-bond acceptors (Lipinski definition) is 8. The van der Waals surface area contributed by atoms with Crippen LogP contribution >= 0.6 is 23.1 Å². The molecule has 0 atom stereocenters. The van der Waals surface area contributed by atoms with Gasteiger partial charge in [0.2, 0.25) is 5.16 Å². The van der Waals surface area contributed by atoms with Gasteiger partial charge in [0, 0.05) is 15.8 Å². The van der Waals surface area contributed by atoms with Crippen LogP contribution in [0.3, 0.4) is 0 Å². The molecule has 0 radical (unpaired) electrons. The summed E-state index contributed by atoms with van der Waals surface area (Å²) in [4.78, 5) is 12.9. The Morgan fingerprint density at radius 3 is 2.77 bits per heavy atom. The van der Waals surface area contributed by atoms with E-state index in [-0.39, 0.29) is 12.4 Å². The molecule has 2 aromatic carbocycles. The van der Waals surface area contributed by atoms with E-state index in [4.69, 9.17) is 9.47 Å². The third-order valence-electron chi connectivity index (χ3n) is 4.56. The summed E-state index contributed by atoms with van der Waals surface area (Å²) in [6, 6.07) is 12.5. The maximum Gasteiger partial charge on any atom is 0.348 e. The number of halogens is 1. The summed E-state index contributed by atoms with van der Waals surface area (Å²) in [6.07, 6.45) is 0. The molecule has 4 aromatic rings. The van der Waals surface area contributed by atoms with Gasteiger partial charge in [0.05, 0.1) is 20.3 Å². The van der Waals surface area contributed by atoms with Gasteiger partial charge in [-0.05, 0) is 52.7 Å². The molecule has 160 valence electrons. The summed E-state index contributed by atoms with van der Waals surface area (Å²) in [5.41, 5.74) is 1.61. The van der Waals surface area contributed by atoms with E-state index in [2.05, 4.69) is 15.5 Å². The lowest BCUT2D eigenvalue weighted by atomic mass is 10.1. The Bertz CT molecular complexity index is 1210. The molecule has 0 amide bonds. The normalized spacial score (nSPS) is 11.1. The number of carbonyl (C=O) groups is 1. The average molecular weight is 459 g/mol. The average Bonchev–Trinajstić information content (AvgIpc) is 3.38. The van der Waals surface area contributed by atoms with Gasteiger partial charge in [-0.15, -0.1) is 16.4 Å². The van der Waals surface area contributed by atoms with Crippen LogP contribution in [0.15, 0.2) is 47.6 Å². The van der Waals surface area contributed by atoms with Crippen LogP contribution in [0.5, 0.6) is 5.75 Å². The number of fused-ring (bicyclic) bond motifs is 1. The van der Waals surface area contributed by atoms with E-state index in [9.17, 15) is 9.18 Å². The molecule has 7 nitrogen and oxygen atoms in total. The summed E-state index contributed by atoms with van der Waals surface area (Å²) in [5.74, 6) is 0.292. The standard InChI is InChI=1S/C21H19FN4O3S2/c1-3-29-20(27)19-15(18-16(22)5-4-6-17(18)31-19)12-30-21-23-24-25-26(21)11-13-7-9-14(28-2)10-8-13/h4-10H,3,11-12H2,1-2H3. The predicted octanol–water partition coefficient (Wildman–Crippen LogP) is 4.55. The molecule has 0 spiro atoms. The number of nitrogens with zero attached hydrogens (tertiary/aromatic N) is 4. The third kappa shape index (κ3) is 4.54. The molecule has 0 aliphatic carbocycles. The van der Waals surface area contributed by atoms with Gasteiger partial charge in [-0.2, -0.15) is 0 Å². The lowest BCUT2D eigenvalue weighted by molar-refractivity contribution is 0.0531. The third-order valence-corrected chi connectivity index (χ3v) is 6.72. The minimum absolute atomic E-state index is 0.252. The van der Waals surface area contributed by atoms with Crippen molar-refractivity contribution in [2.24, 2.45) is 0 Å². The summed E-state index contributed by atoms with van der Waals surface area (Å²) < 4.78 is 27.3. The zero-order valence-electron chi connectivity index (χ0n) is 16.9. The fraction of sp³-hybridized carbons (Fsp3) is 0.238. The monoisotopic (exact) mass is 458 g/mol. The maximum absolute atomic E-state index is 14.6. The van der Waals surface area contributed by atoms with Gasteiger partial charge >= 0.3 is 5.97 Å². The number of thiophene rings is 1. The molecule has 10 heteroatoms. The highest BCUT2D eigenvalue weighted by Gasteiger charge is 2.22. The number of methoxy groups -OCH3 is 1. The first kappa shape index (κ1) is 21.3. The number of carbonyl (C=O) groups excluding carboxylic acids is 1. The molecule has 0 bridgehead atoms. The second kappa shape index (κ2) is 9.44. The van der Waals surface area contributed by atoms with E-state index in [1.807, 2.05) is 24.3 Å². The molecule has 31 heavy (non-hydrogen) atoms. The summed E-state index contributed by atoms with van der Waals surface area (Å²) in [5, 5.41) is 12.9. The van der Waals surface area contributed by atoms with E-state index < -0.39 is 5.97 Å². The molecule has 0 N–H and O–H groups in total. The molecular weight excluding hydrogens is 439 g/mol. The van der Waals surface area contributed by atoms with Crippen molar-refractivity contribution in [1.29, 1.82) is 0 Å². The minimum atomic E-state index is -0.448. The van der Waals surface area contributed by atoms with Crippen LogP contribution in [0.4, 0.5) is 4.39 Å². The van der Waals surface area contributed by atoms with Crippen molar-refractivity contribution in [3.8, 4) is 5.75 Å². The Hall–Kier alpha value is -2.98. The van der Waals surface area contributed by atoms with E-state index in [1.165, 1.54) is 29.2 Å². The number of rotatable bonds is 8. The molecule has 0 fully saturated rings. The molecule has 2 heterocycles. The van der Waals surface area contributed by atoms with Gasteiger partial charge in [0.25, 0.3) is 0 Å². The molecule has 4 rings (SSSR count). The SMILES string of the molecule is CCOC(=O)c1sc2cccc(F)c2c1CSc1nnnn1Cc1ccc(OC)cc1. The first-order valence-electron chi connectivity index (χ1n) is 9.49. The molecule has 0 saturated carbocycles. The first-order chi connectivity index (χ1) is 15.1. The van der Waals surface area contributed by atoms with E-state index in [1.54, 1.807) is 30.8 Å². The van der Waals surface area contributed by atoms with Crippen LogP contribution < -0.4 is 4.74 Å². The topological polar surface area (TPSA) is 79.1 Å². The highest BCUT2D eigenvalue weighted by atomic mass is 32.2. The Labute approximate surface area is 186 Å². The highest BCUT2D eigenvalue weighted by Crippen LogP contribution is 2.37. The van der Waals surface area contributed by atoms with E-state index in [0.29, 0.717) is 38.0 Å². The highest BCUT2D eigenvalue weighted by molar-refractivity contribution is 7.98. The molecular formula is C21H19FN4O3S2. The van der Waals surface area contributed by atoms with Crippen LogP contribution in [0.25, 0.3) is 10.1 Å². The Balaban J connectivity index is 1.59. The maximum atomic E-state index is 14.6. The summed E-state index contributed by atoms with van der Waals surface area (Å²) in [6.45, 7) is 2.47. The molecule has 0 aliphatic heterocycles. The molecule has 2 aromatic heterocycles. The van der Waals surface area contributed by atoms with Crippen LogP contribution in [0.1, 0.15) is 27.7 Å². The van der Waals surface area contributed by atoms with Crippen molar-refractivity contribution >= 4 is 39.2 Å². The number of aromatic nitrogens is 4. The lowest BCUT2D eigenvalue weighted by Crippen LogP contribution is -2.06. The summed E-state index contributed by atoms with van der Waals surface area (Å²) >= 11 is 2.58. The van der Waals surface area contributed by atoms with Gasteiger partial charge in [0.15, 0.2) is 0 Å². The van der Waals surface area contributed by atoms with Crippen molar-refractivity contribution in [2.45, 2.75) is 24.4 Å². The number of ether oxygens (including phenoxy) is 2. The van der Waals surface area contributed by atoms with Crippen molar-refractivity contribution in [1.82, 2.24) is 20.2 Å². The van der Waals surface area contributed by atoms with Crippen LogP contribution in [0.2, 0.25) is 0 Å². The van der Waals surface area contributed by atoms with Crippen LogP contribution in [-0.4, -0.2) is 39.9 Å². The number of hydrogen-bond donors (Lipinski definition) is 0. The lowest BCUT2D eigenvalue weighted by Gasteiger charge is -2.07. The van der Waals surface area contributed by atoms with E-state index in [0.717, 1.165) is 11.3 Å². The fourth-order valence-corrected chi connectivity index (χ4v) is 5.23. The van der Waals surface area contributed by atoms with Crippen LogP contribution in [0, 0.1) is 5.82 Å². The van der Waals surface area contributed by atoms with Crippen molar-refractivity contribution in [3.05, 3.63) is 64.3 Å². The summed E-state index contributed by atoms with van der Waals surface area (Å²) in [7, 11) is 1.62. The Morgan fingerprint density at radius 2 is 2.03 bits per heavy atom. The second-order valence-electron chi connectivity index (χ2n) is 6.50. The Morgan fingerprint density at radius 1 is 1.23 bits per heavy atom. The Kier molecular flexibility index (Phi) is 6.47. The van der Waals surface area contributed by atoms with Crippen molar-refractivity contribution in [3.63, 3.8) is 0 Å². The molecule has 0 aliphatic rings. The van der Waals surface area contributed by atoms with E-state index >= 15 is 0 Å². The van der Waals surface area contributed by atoms with Crippen molar-refractivity contribution in [2.75, 3.05) is 13.7 Å². The predicted molar refractivity (Wildman–Crippen MR) is 117 cm³/mol. The number of esters is 1. The smallest absolute Gasteiger partial charge is 0.348 e. The molecule has 0 saturated heterocycles. The van der Waals surface area contributed by atoms with Gasteiger partial charge in [-0.25, -0.2) is 13.9 Å². The fourth-order valence-electron chi connectivity index (χ4n) is 3.11. The second-order valence-corrected chi connectivity index (χ2v) is 8.49. The quantitative estimate of drug-likeness (QED) is 0.283. The minimum Gasteiger partial charge on any atom is -0.497 e. The number of thioether (sulfide) groups is 1. The molecule has 0 unspecified atom stereocenters. The van der Waals surface area contributed by atoms with Gasteiger partial charge < -0.3 is 9.47 Å². The number of benzene rings is 2.